The largest absolute Gasteiger partial charge is 0.363 e. The molecule has 39 heavy (non-hydrogen) atoms. The van der Waals surface area contributed by atoms with Crippen molar-refractivity contribution in [3.63, 3.8) is 0 Å². The molecule has 5 nitrogen and oxygen atoms in total. The first kappa shape index (κ1) is 25.2. The highest BCUT2D eigenvalue weighted by Crippen LogP contribution is 2.43. The minimum absolute atomic E-state index is 0.0530. The molecule has 2 aliphatic heterocycles. The van der Waals surface area contributed by atoms with E-state index in [9.17, 15) is 9.59 Å². The molecule has 1 fully saturated rings. The van der Waals surface area contributed by atoms with Gasteiger partial charge < -0.3 is 10.6 Å². The van der Waals surface area contributed by atoms with Crippen molar-refractivity contribution >= 4 is 29.3 Å². The lowest BCUT2D eigenvalue weighted by molar-refractivity contribution is -0.766. The molecule has 2 unspecified atom stereocenters. The number of quaternary nitrogens is 1. The molecular weight excluding hydrogens is 502 g/mol. The highest BCUT2D eigenvalue weighted by Gasteiger charge is 2.50. The number of anilines is 1. The van der Waals surface area contributed by atoms with E-state index in [4.69, 9.17) is 0 Å². The van der Waals surface area contributed by atoms with Crippen molar-refractivity contribution in [2.45, 2.75) is 6.92 Å². The maximum absolute atomic E-state index is 14.3. The van der Waals surface area contributed by atoms with Crippen LogP contribution in [-0.4, -0.2) is 34.3 Å². The normalized spacial score (nSPS) is 21.7. The Morgan fingerprint density at radius 3 is 2.54 bits per heavy atom. The molecule has 6 heteroatoms. The second-order valence-electron chi connectivity index (χ2n) is 9.96. The van der Waals surface area contributed by atoms with Crippen LogP contribution in [0.25, 0.3) is 11.1 Å². The molecule has 2 N–H and O–H groups in total. The van der Waals surface area contributed by atoms with Crippen LogP contribution in [0.3, 0.4) is 0 Å². The fraction of sp³-hybridized carbons (Fsp3) is 0.152. The Morgan fingerprint density at radius 1 is 0.949 bits per heavy atom. The summed E-state index contributed by atoms with van der Waals surface area (Å²) in [5.74, 6) is 1.79. The third-order valence-corrected chi connectivity index (χ3v) is 8.62. The number of thioether (sulfide) groups is 1. The fourth-order valence-corrected chi connectivity index (χ4v) is 6.65. The number of nitrogens with one attached hydrogen (secondary N) is 2. The van der Waals surface area contributed by atoms with E-state index in [1.54, 1.807) is 0 Å². The number of hydrogen-bond acceptors (Lipinski definition) is 4. The van der Waals surface area contributed by atoms with Gasteiger partial charge in [-0.1, -0.05) is 67.6 Å². The summed E-state index contributed by atoms with van der Waals surface area (Å²) in [6.45, 7) is 2.87. The van der Waals surface area contributed by atoms with Crippen LogP contribution in [-0.2, 0) is 0 Å². The number of fused-ring (bicyclic) bond motifs is 3. The quantitative estimate of drug-likeness (QED) is 0.366. The molecule has 3 aliphatic rings. The van der Waals surface area contributed by atoms with Crippen molar-refractivity contribution in [1.82, 2.24) is 5.32 Å². The molecule has 0 radical (unpaired) electrons. The Balaban J connectivity index is 1.29. The van der Waals surface area contributed by atoms with Gasteiger partial charge in [0.25, 0.3) is 5.91 Å². The van der Waals surface area contributed by atoms with Crippen LogP contribution in [0.4, 0.5) is 5.69 Å². The molecule has 0 spiro atoms. The monoisotopic (exact) mass is 532 g/mol. The fourth-order valence-electron chi connectivity index (χ4n) is 5.59. The van der Waals surface area contributed by atoms with Gasteiger partial charge in [-0.3, -0.25) is 4.79 Å². The summed E-state index contributed by atoms with van der Waals surface area (Å²) in [7, 11) is 0. The summed E-state index contributed by atoms with van der Waals surface area (Å²) < 4.78 is 0.205. The first-order valence-corrected chi connectivity index (χ1v) is 14.3. The second kappa shape index (κ2) is 10.6. The maximum Gasteiger partial charge on any atom is 0.355 e. The molecule has 3 aromatic rings. The van der Waals surface area contributed by atoms with Gasteiger partial charge in [0.2, 0.25) is 0 Å². The summed E-state index contributed by atoms with van der Waals surface area (Å²) in [6.07, 6.45) is 10.4. The molecule has 194 valence electrons. The molecular formula is C33H30N3O2S+. The Kier molecular flexibility index (Phi) is 6.81. The standard InChI is InChI=1S/C33H29N3O2S/c1-23-8-7-13-31-30(23)21-34-20-27-22-39-19-18-36(27,31)33(38)25-14-16-26(17-15-25)35-32(37)29-12-6-5-11-28(29)24-9-3-2-4-10-24/h2-17,20-21,23,34H,18-19,22H2,1H3/p+1. The Labute approximate surface area is 233 Å². The maximum atomic E-state index is 14.3. The van der Waals surface area contributed by atoms with Crippen LogP contribution in [0.5, 0.6) is 0 Å². The number of amides is 2. The Morgan fingerprint density at radius 2 is 1.72 bits per heavy atom. The zero-order chi connectivity index (χ0) is 26.8. The van der Waals surface area contributed by atoms with Crippen LogP contribution >= 0.6 is 11.8 Å². The van der Waals surface area contributed by atoms with Gasteiger partial charge in [-0.15, -0.1) is 11.8 Å². The van der Waals surface area contributed by atoms with Crippen molar-refractivity contribution in [2.75, 3.05) is 23.4 Å². The molecule has 2 heterocycles. The van der Waals surface area contributed by atoms with Gasteiger partial charge in [-0.05, 0) is 41.5 Å². The highest BCUT2D eigenvalue weighted by molar-refractivity contribution is 7.99. The number of nitrogens with zero attached hydrogens (tertiary/aromatic N) is 1. The van der Waals surface area contributed by atoms with E-state index in [0.717, 1.165) is 39.6 Å². The van der Waals surface area contributed by atoms with Crippen molar-refractivity contribution < 1.29 is 14.1 Å². The summed E-state index contributed by atoms with van der Waals surface area (Å²) in [6, 6.07) is 24.8. The zero-order valence-electron chi connectivity index (χ0n) is 21.8. The number of hydrogen-bond donors (Lipinski definition) is 2. The van der Waals surface area contributed by atoms with Crippen LogP contribution in [0.15, 0.2) is 126 Å². The van der Waals surface area contributed by atoms with Crippen molar-refractivity contribution in [2.24, 2.45) is 5.92 Å². The predicted octanol–water partition coefficient (Wildman–Crippen LogP) is 6.73. The lowest BCUT2D eigenvalue weighted by Crippen LogP contribution is -2.55. The van der Waals surface area contributed by atoms with Gasteiger partial charge in [0.1, 0.15) is 12.2 Å². The first-order valence-electron chi connectivity index (χ1n) is 13.2. The van der Waals surface area contributed by atoms with Gasteiger partial charge in [-0.25, -0.2) is 4.79 Å². The van der Waals surface area contributed by atoms with E-state index in [1.165, 1.54) is 0 Å². The SMILES string of the molecule is CC1C=CC=C2C1=CNC=C1CSCC[N+]12C(=O)c1ccc(NC(=O)c2ccccc2-c2ccccc2)cc1. The zero-order valence-corrected chi connectivity index (χ0v) is 22.6. The summed E-state index contributed by atoms with van der Waals surface area (Å²) >= 11 is 1.86. The predicted molar refractivity (Wildman–Crippen MR) is 159 cm³/mol. The molecule has 6 rings (SSSR count). The third kappa shape index (κ3) is 4.56. The molecule has 1 saturated heterocycles. The van der Waals surface area contributed by atoms with Gasteiger partial charge in [-0.2, -0.15) is 4.48 Å². The van der Waals surface area contributed by atoms with Gasteiger partial charge in [0, 0.05) is 40.8 Å². The number of allylic oxidation sites excluding steroid dienone is 4. The van der Waals surface area contributed by atoms with Crippen LogP contribution in [0.1, 0.15) is 27.6 Å². The minimum Gasteiger partial charge on any atom is -0.363 e. The molecule has 0 bridgehead atoms. The van der Waals surface area contributed by atoms with Gasteiger partial charge in [0.15, 0.2) is 5.70 Å². The molecule has 2 amide bonds. The van der Waals surface area contributed by atoms with Gasteiger partial charge in [0.05, 0.1) is 17.5 Å². The average molecular weight is 533 g/mol. The number of rotatable bonds is 4. The minimum atomic E-state index is -0.185. The van der Waals surface area contributed by atoms with E-state index < -0.39 is 0 Å². The Bertz CT molecular complexity index is 1550. The molecule has 2 atom stereocenters. The summed E-state index contributed by atoms with van der Waals surface area (Å²) in [4.78, 5) is 27.6. The molecule has 1 aliphatic carbocycles. The third-order valence-electron chi connectivity index (χ3n) is 7.64. The highest BCUT2D eigenvalue weighted by atomic mass is 32.2. The van der Waals surface area contributed by atoms with Crippen molar-refractivity contribution in [3.05, 3.63) is 138 Å². The van der Waals surface area contributed by atoms with Crippen LogP contribution < -0.4 is 10.6 Å². The number of benzene rings is 3. The smallest absolute Gasteiger partial charge is 0.355 e. The lowest BCUT2D eigenvalue weighted by atomic mass is 9.91. The molecule has 0 saturated carbocycles. The van der Waals surface area contributed by atoms with Crippen molar-refractivity contribution in [3.8, 4) is 11.1 Å². The van der Waals surface area contributed by atoms with Crippen LogP contribution in [0.2, 0.25) is 0 Å². The topological polar surface area (TPSA) is 58.2 Å². The van der Waals surface area contributed by atoms with Gasteiger partial charge >= 0.3 is 5.91 Å². The lowest BCUT2D eigenvalue weighted by Gasteiger charge is -2.41. The van der Waals surface area contributed by atoms with E-state index in [-0.39, 0.29) is 22.2 Å². The summed E-state index contributed by atoms with van der Waals surface area (Å²) in [5, 5.41) is 6.36. The second-order valence-corrected chi connectivity index (χ2v) is 11.1. The average Bonchev–Trinajstić information content (AvgIpc) is 3.16. The first-order chi connectivity index (χ1) is 19.1. The number of carbonyl (C=O) groups is 2. The van der Waals surface area contributed by atoms with Crippen LogP contribution in [0, 0.1) is 5.92 Å². The molecule has 0 aromatic heterocycles. The molecule has 3 aromatic carbocycles. The van der Waals surface area contributed by atoms with Crippen molar-refractivity contribution in [1.29, 1.82) is 0 Å². The Hall–Kier alpha value is -4.13. The van der Waals surface area contributed by atoms with E-state index in [0.29, 0.717) is 23.4 Å². The van der Waals surface area contributed by atoms with E-state index in [1.807, 2.05) is 103 Å². The van der Waals surface area contributed by atoms with E-state index in [2.05, 4.69) is 35.8 Å². The summed E-state index contributed by atoms with van der Waals surface area (Å²) in [5.41, 5.74) is 6.99. The number of carbonyl (C=O) groups excluding carboxylic acids is 2. The van der Waals surface area contributed by atoms with E-state index >= 15 is 0 Å².